The number of rotatable bonds is 10. The van der Waals surface area contributed by atoms with E-state index in [4.69, 9.17) is 6.42 Å². The number of likely N-dealkylation sites (tertiary alicyclic amines) is 1. The van der Waals surface area contributed by atoms with Crippen molar-refractivity contribution < 1.29 is 14.7 Å². The van der Waals surface area contributed by atoms with Crippen LogP contribution in [-0.4, -0.2) is 46.2 Å². The molecule has 1 fully saturated rings. The molecular weight excluding hydrogens is 462 g/mol. The Morgan fingerprint density at radius 1 is 1.03 bits per heavy atom. The monoisotopic (exact) mass is 493 g/mol. The molecule has 1 amide bonds. The number of carbonyl (C=O) groups is 2. The Hall–Kier alpha value is -4.21. The summed E-state index contributed by atoms with van der Waals surface area (Å²) in [5.74, 6) is 1.39. The van der Waals surface area contributed by atoms with Crippen LogP contribution in [0.25, 0.3) is 0 Å². The van der Waals surface area contributed by atoms with Crippen molar-refractivity contribution in [3.63, 3.8) is 0 Å². The van der Waals surface area contributed by atoms with Gasteiger partial charge in [0.05, 0.1) is 17.4 Å². The van der Waals surface area contributed by atoms with Crippen LogP contribution in [0, 0.1) is 12.3 Å². The van der Waals surface area contributed by atoms with Crippen LogP contribution in [0.3, 0.4) is 0 Å². The molecule has 3 aromatic carbocycles. The summed E-state index contributed by atoms with van der Waals surface area (Å²) in [6.07, 6.45) is 7.66. The van der Waals surface area contributed by atoms with Crippen LogP contribution in [0.15, 0.2) is 89.9 Å². The van der Waals surface area contributed by atoms with Crippen LogP contribution in [0.1, 0.15) is 42.4 Å². The fraction of sp³-hybridized carbons (Fsp3) is 0.258. The zero-order valence-corrected chi connectivity index (χ0v) is 20.7. The molecule has 3 aromatic rings. The highest BCUT2D eigenvalue weighted by Crippen LogP contribution is 2.25. The Morgan fingerprint density at radius 2 is 1.70 bits per heavy atom. The maximum Gasteiger partial charge on any atom is 0.328 e. The average molecular weight is 494 g/mol. The Kier molecular flexibility index (Phi) is 8.85. The Bertz CT molecular complexity index is 1280. The van der Waals surface area contributed by atoms with Crippen molar-refractivity contribution >= 4 is 23.3 Å². The summed E-state index contributed by atoms with van der Waals surface area (Å²) in [5.41, 5.74) is 3.72. The molecule has 0 radical (unpaired) electrons. The highest BCUT2D eigenvalue weighted by atomic mass is 16.4. The Balaban J connectivity index is 1.64. The van der Waals surface area contributed by atoms with Gasteiger partial charge in [0.15, 0.2) is 0 Å². The van der Waals surface area contributed by atoms with E-state index in [1.54, 1.807) is 0 Å². The van der Waals surface area contributed by atoms with Crippen LogP contribution in [0.5, 0.6) is 0 Å². The largest absolute Gasteiger partial charge is 0.480 e. The van der Waals surface area contributed by atoms with Crippen molar-refractivity contribution in [3.05, 3.63) is 102 Å². The van der Waals surface area contributed by atoms with E-state index in [1.807, 2.05) is 72.8 Å². The average Bonchev–Trinajstić information content (AvgIpc) is 3.38. The Labute approximate surface area is 218 Å². The van der Waals surface area contributed by atoms with E-state index < -0.39 is 12.0 Å². The molecule has 0 aliphatic carbocycles. The first-order chi connectivity index (χ1) is 18.1. The summed E-state index contributed by atoms with van der Waals surface area (Å²) in [4.78, 5) is 32.3. The van der Waals surface area contributed by atoms with E-state index in [2.05, 4.69) is 33.3 Å². The number of amides is 1. The quantitative estimate of drug-likeness (QED) is 0.308. The molecule has 1 saturated heterocycles. The number of terminal acetylenes is 1. The molecule has 1 heterocycles. The van der Waals surface area contributed by atoms with E-state index in [9.17, 15) is 14.7 Å². The second-order valence-electron chi connectivity index (χ2n) is 9.09. The molecular formula is C31H31N3O3. The smallest absolute Gasteiger partial charge is 0.328 e. The molecule has 6 nitrogen and oxygen atoms in total. The maximum atomic E-state index is 13.5. The summed E-state index contributed by atoms with van der Waals surface area (Å²) in [6, 6.07) is 25.7. The lowest BCUT2D eigenvalue weighted by Crippen LogP contribution is -2.39. The number of para-hydroxylation sites is 1. The van der Waals surface area contributed by atoms with E-state index in [0.717, 1.165) is 24.9 Å². The number of anilines is 1. The minimum absolute atomic E-state index is 0.0737. The lowest BCUT2D eigenvalue weighted by molar-refractivity contribution is -0.138. The number of carboxylic acid groups (broad SMARTS) is 1. The number of benzene rings is 3. The second-order valence-corrected chi connectivity index (χ2v) is 9.09. The summed E-state index contributed by atoms with van der Waals surface area (Å²) in [5, 5.41) is 12.9. The normalized spacial score (nSPS) is 16.6. The molecule has 1 aliphatic heterocycles. The third kappa shape index (κ3) is 6.72. The summed E-state index contributed by atoms with van der Waals surface area (Å²) in [7, 11) is 0. The molecule has 2 atom stereocenters. The van der Waals surface area contributed by atoms with Gasteiger partial charge in [0.25, 0.3) is 0 Å². The lowest BCUT2D eigenvalue weighted by atomic mass is 9.99. The van der Waals surface area contributed by atoms with Crippen molar-refractivity contribution in [2.75, 3.05) is 11.9 Å². The number of carbonyl (C=O) groups excluding carboxylic acids is 1. The molecule has 1 aliphatic rings. The molecule has 0 aromatic heterocycles. The van der Waals surface area contributed by atoms with Crippen molar-refractivity contribution in [1.82, 2.24) is 4.90 Å². The van der Waals surface area contributed by atoms with Crippen LogP contribution in [0.2, 0.25) is 0 Å². The summed E-state index contributed by atoms with van der Waals surface area (Å²) in [6.45, 7) is 1.58. The van der Waals surface area contributed by atoms with Gasteiger partial charge < -0.3 is 10.4 Å². The fourth-order valence-corrected chi connectivity index (χ4v) is 4.66. The molecule has 6 heteroatoms. The standard InChI is InChI=1S/C31H31N3O3/c1-2-3-18-27(31(36)37)32-29(24-15-8-5-9-16-24)25-17-10-11-19-26(25)33-30(35)28-20-12-21-34(28)22-23-13-6-4-7-14-23/h1,4-11,13-17,19,27-28H,3,12,18,20-22H2,(H,33,35)(H,36,37)/t27-,28-/m0/s1. The minimum Gasteiger partial charge on any atom is -0.480 e. The van der Waals surface area contributed by atoms with Crippen LogP contribution < -0.4 is 5.32 Å². The van der Waals surface area contributed by atoms with E-state index in [-0.39, 0.29) is 18.4 Å². The van der Waals surface area contributed by atoms with E-state index >= 15 is 0 Å². The van der Waals surface area contributed by atoms with Gasteiger partial charge >= 0.3 is 5.97 Å². The number of aliphatic carboxylic acids is 1. The molecule has 0 bridgehead atoms. The zero-order chi connectivity index (χ0) is 26.0. The van der Waals surface area contributed by atoms with E-state index in [0.29, 0.717) is 29.9 Å². The van der Waals surface area contributed by atoms with Crippen molar-refractivity contribution in [2.24, 2.45) is 4.99 Å². The number of nitrogens with one attached hydrogen (secondary N) is 1. The summed E-state index contributed by atoms with van der Waals surface area (Å²) >= 11 is 0. The maximum absolute atomic E-state index is 13.5. The predicted molar refractivity (Wildman–Crippen MR) is 147 cm³/mol. The van der Waals surface area contributed by atoms with Crippen molar-refractivity contribution in [1.29, 1.82) is 0 Å². The molecule has 2 N–H and O–H groups in total. The lowest BCUT2D eigenvalue weighted by Gasteiger charge is -2.24. The van der Waals surface area contributed by atoms with Gasteiger partial charge in [-0.1, -0.05) is 78.9 Å². The molecule has 4 rings (SSSR count). The van der Waals surface area contributed by atoms with Crippen molar-refractivity contribution in [3.8, 4) is 12.3 Å². The van der Waals surface area contributed by atoms with Gasteiger partial charge in [-0.3, -0.25) is 14.7 Å². The molecule has 0 saturated carbocycles. The molecule has 0 unspecified atom stereocenters. The van der Waals surface area contributed by atoms with Gasteiger partial charge in [0, 0.05) is 24.1 Å². The van der Waals surface area contributed by atoms with Gasteiger partial charge in [-0.15, -0.1) is 12.3 Å². The third-order valence-corrected chi connectivity index (χ3v) is 6.51. The SMILES string of the molecule is C#CCC[C@H](N=C(c1ccccc1)c1ccccc1NC(=O)[C@@H]1CCCN1Cc1ccccc1)C(=O)O. The zero-order valence-electron chi connectivity index (χ0n) is 20.7. The van der Waals surface area contributed by atoms with Gasteiger partial charge in [0.2, 0.25) is 5.91 Å². The number of carboxylic acids is 1. The first-order valence-corrected chi connectivity index (χ1v) is 12.5. The highest BCUT2D eigenvalue weighted by molar-refractivity contribution is 6.17. The van der Waals surface area contributed by atoms with Gasteiger partial charge in [-0.05, 0) is 37.4 Å². The minimum atomic E-state index is -1.03. The fourth-order valence-electron chi connectivity index (χ4n) is 4.66. The first kappa shape index (κ1) is 25.9. The number of nitrogens with zero attached hydrogens (tertiary/aromatic N) is 2. The van der Waals surface area contributed by atoms with Crippen LogP contribution >= 0.6 is 0 Å². The molecule has 37 heavy (non-hydrogen) atoms. The van der Waals surface area contributed by atoms with E-state index in [1.165, 1.54) is 5.56 Å². The van der Waals surface area contributed by atoms with Gasteiger partial charge in [-0.2, -0.15) is 0 Å². The highest BCUT2D eigenvalue weighted by Gasteiger charge is 2.31. The van der Waals surface area contributed by atoms with Gasteiger partial charge in [-0.25, -0.2) is 4.79 Å². The van der Waals surface area contributed by atoms with Gasteiger partial charge in [0.1, 0.15) is 6.04 Å². The topological polar surface area (TPSA) is 82.0 Å². The van der Waals surface area contributed by atoms with Crippen molar-refractivity contribution in [2.45, 2.75) is 44.3 Å². The van der Waals surface area contributed by atoms with Crippen LogP contribution in [-0.2, 0) is 16.1 Å². The molecule has 0 spiro atoms. The van der Waals surface area contributed by atoms with Crippen LogP contribution in [0.4, 0.5) is 5.69 Å². The number of hydrogen-bond donors (Lipinski definition) is 2. The first-order valence-electron chi connectivity index (χ1n) is 12.5. The predicted octanol–water partition coefficient (Wildman–Crippen LogP) is 4.99. The second kappa shape index (κ2) is 12.7. The Morgan fingerprint density at radius 3 is 2.41 bits per heavy atom. The summed E-state index contributed by atoms with van der Waals surface area (Å²) < 4.78 is 0. The number of hydrogen-bond acceptors (Lipinski definition) is 4. The number of aliphatic imine (C=N–C) groups is 1. The third-order valence-electron chi connectivity index (χ3n) is 6.51. The molecule has 188 valence electrons.